The molecular weight excluding hydrogens is 217 g/mol. The first kappa shape index (κ1) is 12.1. The maximum absolute atomic E-state index is 13.5. The Kier molecular flexibility index (Phi) is 4.11. The van der Waals surface area contributed by atoms with Crippen LogP contribution in [-0.4, -0.2) is 6.61 Å². The molecule has 0 saturated heterocycles. The third-order valence-electron chi connectivity index (χ3n) is 3.33. The van der Waals surface area contributed by atoms with Gasteiger partial charge in [0.1, 0.15) is 5.82 Å². The van der Waals surface area contributed by atoms with Crippen LogP contribution in [0.25, 0.3) is 0 Å². The normalized spacial score (nSPS) is 15.3. The highest BCUT2D eigenvalue weighted by atomic mass is 19.1. The molecule has 0 amide bonds. The fourth-order valence-electron chi connectivity index (χ4n) is 1.95. The second-order valence-corrected chi connectivity index (χ2v) is 4.56. The van der Waals surface area contributed by atoms with E-state index >= 15 is 0 Å². The lowest BCUT2D eigenvalue weighted by atomic mass is 9.83. The number of halogens is 1. The van der Waals surface area contributed by atoms with Gasteiger partial charge in [-0.15, -0.1) is 0 Å². The lowest BCUT2D eigenvalue weighted by Crippen LogP contribution is -2.13. The van der Waals surface area contributed by atoms with Crippen molar-refractivity contribution >= 4 is 0 Å². The number of rotatable bonds is 5. The Bertz CT molecular complexity index is 421. The van der Waals surface area contributed by atoms with Crippen LogP contribution in [0.4, 0.5) is 4.39 Å². The van der Waals surface area contributed by atoms with Gasteiger partial charge in [0.15, 0.2) is 0 Å². The van der Waals surface area contributed by atoms with Crippen LogP contribution in [0.2, 0.25) is 0 Å². The molecule has 1 aliphatic rings. The maximum atomic E-state index is 13.5. The largest absolute Gasteiger partial charge is 0.377 e. The van der Waals surface area contributed by atoms with Crippen LogP contribution in [-0.2, 0) is 11.3 Å². The van der Waals surface area contributed by atoms with Crippen molar-refractivity contribution in [3.8, 4) is 6.07 Å². The van der Waals surface area contributed by atoms with E-state index in [1.54, 1.807) is 12.1 Å². The molecule has 1 aliphatic carbocycles. The summed E-state index contributed by atoms with van der Waals surface area (Å²) in [6.07, 6.45) is 5.05. The zero-order valence-corrected chi connectivity index (χ0v) is 9.79. The number of hydrogen-bond acceptors (Lipinski definition) is 2. The molecule has 2 rings (SSSR count). The van der Waals surface area contributed by atoms with Crippen molar-refractivity contribution in [2.75, 3.05) is 6.61 Å². The van der Waals surface area contributed by atoms with Crippen molar-refractivity contribution in [3.05, 3.63) is 35.1 Å². The zero-order chi connectivity index (χ0) is 12.1. The highest BCUT2D eigenvalue weighted by Gasteiger charge is 2.16. The minimum absolute atomic E-state index is 0.296. The van der Waals surface area contributed by atoms with E-state index in [1.807, 2.05) is 6.07 Å². The van der Waals surface area contributed by atoms with E-state index in [-0.39, 0.29) is 5.82 Å². The molecule has 1 aromatic carbocycles. The van der Waals surface area contributed by atoms with E-state index in [9.17, 15) is 4.39 Å². The molecule has 0 aromatic heterocycles. The Morgan fingerprint density at radius 2 is 2.24 bits per heavy atom. The number of benzene rings is 1. The molecule has 2 nitrogen and oxygen atoms in total. The Morgan fingerprint density at radius 1 is 1.41 bits per heavy atom. The summed E-state index contributed by atoms with van der Waals surface area (Å²) in [5.74, 6) is 0.466. The summed E-state index contributed by atoms with van der Waals surface area (Å²) in [6, 6.07) is 6.41. The molecule has 3 heteroatoms. The Morgan fingerprint density at radius 3 is 2.82 bits per heavy atom. The predicted octanol–water partition coefficient (Wildman–Crippen LogP) is 3.40. The SMILES string of the molecule is N#Cc1ccc(COCCC2CCC2)c(F)c1. The molecule has 17 heavy (non-hydrogen) atoms. The highest BCUT2D eigenvalue weighted by molar-refractivity contribution is 5.32. The summed E-state index contributed by atoms with van der Waals surface area (Å²) >= 11 is 0. The van der Waals surface area contributed by atoms with E-state index in [4.69, 9.17) is 10.00 Å². The molecule has 0 unspecified atom stereocenters. The van der Waals surface area contributed by atoms with Gasteiger partial charge in [0, 0.05) is 12.2 Å². The second-order valence-electron chi connectivity index (χ2n) is 4.56. The molecule has 0 bridgehead atoms. The van der Waals surface area contributed by atoms with Crippen LogP contribution >= 0.6 is 0 Å². The van der Waals surface area contributed by atoms with Gasteiger partial charge in [-0.1, -0.05) is 25.3 Å². The fourth-order valence-corrected chi connectivity index (χ4v) is 1.95. The monoisotopic (exact) mass is 233 g/mol. The lowest BCUT2D eigenvalue weighted by Gasteiger charge is -2.24. The molecule has 0 heterocycles. The van der Waals surface area contributed by atoms with Crippen molar-refractivity contribution in [1.29, 1.82) is 5.26 Å². The number of nitriles is 1. The van der Waals surface area contributed by atoms with Gasteiger partial charge in [0.25, 0.3) is 0 Å². The van der Waals surface area contributed by atoms with Crippen LogP contribution in [0.5, 0.6) is 0 Å². The summed E-state index contributed by atoms with van der Waals surface area (Å²) in [7, 11) is 0. The first-order valence-electron chi connectivity index (χ1n) is 6.06. The summed E-state index contributed by atoms with van der Waals surface area (Å²) in [5, 5.41) is 8.61. The van der Waals surface area contributed by atoms with E-state index in [0.717, 1.165) is 12.3 Å². The van der Waals surface area contributed by atoms with Crippen molar-refractivity contribution in [3.63, 3.8) is 0 Å². The lowest BCUT2D eigenvalue weighted by molar-refractivity contribution is 0.0932. The van der Waals surface area contributed by atoms with Crippen LogP contribution in [0.1, 0.15) is 36.8 Å². The van der Waals surface area contributed by atoms with Crippen LogP contribution in [0.15, 0.2) is 18.2 Å². The van der Waals surface area contributed by atoms with E-state index < -0.39 is 0 Å². The Balaban J connectivity index is 1.76. The van der Waals surface area contributed by atoms with Crippen molar-refractivity contribution in [2.24, 2.45) is 5.92 Å². The average molecular weight is 233 g/mol. The molecule has 0 N–H and O–H groups in total. The first-order valence-corrected chi connectivity index (χ1v) is 6.06. The molecule has 0 aliphatic heterocycles. The van der Waals surface area contributed by atoms with Crippen LogP contribution in [0.3, 0.4) is 0 Å². The Hall–Kier alpha value is -1.40. The van der Waals surface area contributed by atoms with Crippen molar-refractivity contribution in [2.45, 2.75) is 32.3 Å². The zero-order valence-electron chi connectivity index (χ0n) is 9.79. The summed E-state index contributed by atoms with van der Waals surface area (Å²) in [5.41, 5.74) is 0.873. The first-order chi connectivity index (χ1) is 8.29. The van der Waals surface area contributed by atoms with Gasteiger partial charge in [0.2, 0.25) is 0 Å². The highest BCUT2D eigenvalue weighted by Crippen LogP contribution is 2.29. The van der Waals surface area contributed by atoms with Gasteiger partial charge in [-0.05, 0) is 24.5 Å². The van der Waals surface area contributed by atoms with E-state index in [0.29, 0.717) is 24.3 Å². The van der Waals surface area contributed by atoms with E-state index in [1.165, 1.54) is 25.3 Å². The van der Waals surface area contributed by atoms with E-state index in [2.05, 4.69) is 0 Å². The Labute approximate surface area is 101 Å². The molecule has 0 atom stereocenters. The molecule has 0 radical (unpaired) electrons. The summed E-state index contributed by atoms with van der Waals surface area (Å²) < 4.78 is 18.9. The molecule has 1 aromatic rings. The molecule has 1 saturated carbocycles. The summed E-state index contributed by atoms with van der Waals surface area (Å²) in [4.78, 5) is 0. The molecule has 0 spiro atoms. The van der Waals surface area contributed by atoms with Crippen LogP contribution < -0.4 is 0 Å². The van der Waals surface area contributed by atoms with Crippen molar-refractivity contribution in [1.82, 2.24) is 0 Å². The van der Waals surface area contributed by atoms with Gasteiger partial charge in [-0.2, -0.15) is 5.26 Å². The number of nitrogens with zero attached hydrogens (tertiary/aromatic N) is 1. The third kappa shape index (κ3) is 3.28. The van der Waals surface area contributed by atoms with Crippen LogP contribution in [0, 0.1) is 23.1 Å². The topological polar surface area (TPSA) is 33.0 Å². The standard InChI is InChI=1S/C14H16FNO/c15-14-8-12(9-16)4-5-13(14)10-17-7-6-11-2-1-3-11/h4-5,8,11H,1-3,6-7,10H2. The third-order valence-corrected chi connectivity index (χ3v) is 3.33. The van der Waals surface area contributed by atoms with Gasteiger partial charge in [0.05, 0.1) is 18.2 Å². The predicted molar refractivity (Wildman–Crippen MR) is 62.7 cm³/mol. The quantitative estimate of drug-likeness (QED) is 0.730. The smallest absolute Gasteiger partial charge is 0.130 e. The minimum Gasteiger partial charge on any atom is -0.377 e. The summed E-state index contributed by atoms with van der Waals surface area (Å²) in [6.45, 7) is 0.994. The van der Waals surface area contributed by atoms with Gasteiger partial charge >= 0.3 is 0 Å². The number of ether oxygens (including phenoxy) is 1. The second kappa shape index (κ2) is 5.79. The average Bonchev–Trinajstić information content (AvgIpc) is 2.28. The fraction of sp³-hybridized carbons (Fsp3) is 0.500. The molecule has 90 valence electrons. The van der Waals surface area contributed by atoms with Gasteiger partial charge in [-0.25, -0.2) is 4.39 Å². The maximum Gasteiger partial charge on any atom is 0.130 e. The number of hydrogen-bond donors (Lipinski definition) is 0. The minimum atomic E-state index is -0.354. The van der Waals surface area contributed by atoms with Gasteiger partial charge in [-0.3, -0.25) is 0 Å². The van der Waals surface area contributed by atoms with Crippen molar-refractivity contribution < 1.29 is 9.13 Å². The molecular formula is C14H16FNO. The van der Waals surface area contributed by atoms with Gasteiger partial charge < -0.3 is 4.74 Å². The molecule has 1 fully saturated rings.